The van der Waals surface area contributed by atoms with E-state index in [9.17, 15) is 0 Å². The Hall–Kier alpha value is -0.940. The van der Waals surface area contributed by atoms with Crippen molar-refractivity contribution in [3.05, 3.63) is 35.2 Å². The van der Waals surface area contributed by atoms with Crippen molar-refractivity contribution >= 4 is 21.4 Å². The summed E-state index contributed by atoms with van der Waals surface area (Å²) in [6, 6.07) is 8.64. The van der Waals surface area contributed by atoms with Crippen LogP contribution in [0.1, 0.15) is 18.5 Å². The molecule has 3 nitrogen and oxygen atoms in total. The van der Waals surface area contributed by atoms with Gasteiger partial charge in [-0.05, 0) is 29.3 Å². The Balaban J connectivity index is 2.16. The molecule has 0 fully saturated rings. The van der Waals surface area contributed by atoms with Gasteiger partial charge in [-0.15, -0.1) is 11.3 Å². The first-order valence-electron chi connectivity index (χ1n) is 6.18. The van der Waals surface area contributed by atoms with E-state index in [4.69, 9.17) is 10.5 Å². The fourth-order valence-electron chi connectivity index (χ4n) is 1.98. The van der Waals surface area contributed by atoms with Gasteiger partial charge in [-0.2, -0.15) is 0 Å². The summed E-state index contributed by atoms with van der Waals surface area (Å²) in [5, 5.41) is 6.97. The quantitative estimate of drug-likeness (QED) is 0.843. The van der Waals surface area contributed by atoms with Crippen molar-refractivity contribution in [3.63, 3.8) is 0 Å². The molecule has 0 bridgehead atoms. The number of hydrogen-bond acceptors (Lipinski definition) is 4. The minimum Gasteiger partial charge on any atom is -0.380 e. The predicted octanol–water partition coefficient (Wildman–Crippen LogP) is 2.53. The molecule has 18 heavy (non-hydrogen) atoms. The van der Waals surface area contributed by atoms with Crippen LogP contribution >= 0.6 is 11.3 Å². The Morgan fingerprint density at radius 1 is 1.39 bits per heavy atom. The Kier molecular flexibility index (Phi) is 4.72. The molecule has 0 aliphatic carbocycles. The zero-order valence-corrected chi connectivity index (χ0v) is 11.7. The Labute approximate surface area is 112 Å². The number of fused-ring (bicyclic) bond motifs is 1. The van der Waals surface area contributed by atoms with Crippen LogP contribution in [0.3, 0.4) is 0 Å². The number of rotatable bonds is 6. The topological polar surface area (TPSA) is 47.3 Å². The van der Waals surface area contributed by atoms with Crippen molar-refractivity contribution in [1.29, 1.82) is 0 Å². The second-order valence-electron chi connectivity index (χ2n) is 4.43. The van der Waals surface area contributed by atoms with E-state index in [2.05, 4.69) is 35.0 Å². The van der Waals surface area contributed by atoms with Gasteiger partial charge < -0.3 is 15.8 Å². The van der Waals surface area contributed by atoms with Crippen molar-refractivity contribution in [2.75, 3.05) is 20.2 Å². The molecule has 1 aromatic heterocycles. The highest BCUT2D eigenvalue weighted by Crippen LogP contribution is 2.29. The first-order chi connectivity index (χ1) is 8.76. The second kappa shape index (κ2) is 6.29. The van der Waals surface area contributed by atoms with E-state index in [0.717, 1.165) is 6.54 Å². The molecule has 1 aromatic carbocycles. The molecule has 2 aromatic rings. The normalized spacial score (nSPS) is 14.8. The standard InChI is InChI=1S/C14H20N2OS/c1-10(17-2)8-16-13(7-15)12-9-18-14-6-4-3-5-11(12)14/h3-6,9-10,13,16H,7-8,15H2,1-2H3. The SMILES string of the molecule is COC(C)CNC(CN)c1csc2ccccc12. The molecule has 4 heteroatoms. The number of nitrogens with one attached hydrogen (secondary N) is 1. The maximum Gasteiger partial charge on any atom is 0.0667 e. The van der Waals surface area contributed by atoms with E-state index in [-0.39, 0.29) is 12.1 Å². The summed E-state index contributed by atoms with van der Waals surface area (Å²) in [5.74, 6) is 0. The summed E-state index contributed by atoms with van der Waals surface area (Å²) in [4.78, 5) is 0. The zero-order valence-electron chi connectivity index (χ0n) is 10.8. The monoisotopic (exact) mass is 264 g/mol. The lowest BCUT2D eigenvalue weighted by Crippen LogP contribution is -2.33. The molecule has 2 rings (SSSR count). The summed E-state index contributed by atoms with van der Waals surface area (Å²) in [7, 11) is 1.73. The van der Waals surface area contributed by atoms with Gasteiger partial charge in [-0.25, -0.2) is 0 Å². The molecule has 0 amide bonds. The fourth-order valence-corrected chi connectivity index (χ4v) is 3.00. The first-order valence-corrected chi connectivity index (χ1v) is 7.06. The van der Waals surface area contributed by atoms with E-state index >= 15 is 0 Å². The van der Waals surface area contributed by atoms with Crippen LogP contribution < -0.4 is 11.1 Å². The van der Waals surface area contributed by atoms with Gasteiger partial charge in [0.25, 0.3) is 0 Å². The fraction of sp³-hybridized carbons (Fsp3) is 0.429. The first kappa shape index (κ1) is 13.5. The van der Waals surface area contributed by atoms with Crippen molar-refractivity contribution < 1.29 is 4.74 Å². The molecule has 0 saturated carbocycles. The van der Waals surface area contributed by atoms with E-state index in [0.29, 0.717) is 6.54 Å². The molecule has 1 heterocycles. The molecular weight excluding hydrogens is 244 g/mol. The number of ether oxygens (including phenoxy) is 1. The molecule has 98 valence electrons. The van der Waals surface area contributed by atoms with Gasteiger partial charge >= 0.3 is 0 Å². The highest BCUT2D eigenvalue weighted by Gasteiger charge is 2.14. The van der Waals surface area contributed by atoms with Gasteiger partial charge in [0.05, 0.1) is 6.10 Å². The summed E-state index contributed by atoms with van der Waals surface area (Å²) < 4.78 is 6.56. The third kappa shape index (κ3) is 2.90. The highest BCUT2D eigenvalue weighted by atomic mass is 32.1. The summed E-state index contributed by atoms with van der Waals surface area (Å²) >= 11 is 1.77. The lowest BCUT2D eigenvalue weighted by Gasteiger charge is -2.19. The Morgan fingerprint density at radius 2 is 2.17 bits per heavy atom. The van der Waals surface area contributed by atoms with Gasteiger partial charge in [0.2, 0.25) is 0 Å². The average molecular weight is 264 g/mol. The molecule has 0 aliphatic heterocycles. The van der Waals surface area contributed by atoms with Crippen LogP contribution in [0.2, 0.25) is 0 Å². The minimum atomic E-state index is 0.193. The lowest BCUT2D eigenvalue weighted by atomic mass is 10.1. The predicted molar refractivity (Wildman–Crippen MR) is 78.1 cm³/mol. The third-order valence-corrected chi connectivity index (χ3v) is 4.16. The van der Waals surface area contributed by atoms with Crippen molar-refractivity contribution in [1.82, 2.24) is 5.32 Å². The van der Waals surface area contributed by atoms with Crippen LogP contribution in [0.25, 0.3) is 10.1 Å². The van der Waals surface area contributed by atoms with Gasteiger partial charge in [0, 0.05) is 30.9 Å². The van der Waals surface area contributed by atoms with Crippen molar-refractivity contribution in [2.24, 2.45) is 5.73 Å². The minimum absolute atomic E-state index is 0.193. The summed E-state index contributed by atoms with van der Waals surface area (Å²) in [6.45, 7) is 3.45. The molecule has 0 saturated heterocycles. The Bertz CT molecular complexity index is 497. The van der Waals surface area contributed by atoms with E-state index in [1.165, 1.54) is 15.6 Å². The Morgan fingerprint density at radius 3 is 2.89 bits per heavy atom. The van der Waals surface area contributed by atoms with Crippen LogP contribution in [0.4, 0.5) is 0 Å². The van der Waals surface area contributed by atoms with Crippen LogP contribution in [-0.2, 0) is 4.74 Å². The third-order valence-electron chi connectivity index (χ3n) is 3.18. The van der Waals surface area contributed by atoms with E-state index in [1.807, 2.05) is 6.92 Å². The van der Waals surface area contributed by atoms with Crippen LogP contribution in [0.15, 0.2) is 29.6 Å². The molecule has 0 aliphatic rings. The van der Waals surface area contributed by atoms with Gasteiger partial charge in [-0.3, -0.25) is 0 Å². The van der Waals surface area contributed by atoms with Crippen molar-refractivity contribution in [2.45, 2.75) is 19.1 Å². The summed E-state index contributed by atoms with van der Waals surface area (Å²) in [6.07, 6.45) is 0.198. The average Bonchev–Trinajstić information content (AvgIpc) is 2.83. The number of benzene rings is 1. The maximum absolute atomic E-state index is 5.88. The van der Waals surface area contributed by atoms with Crippen LogP contribution in [-0.4, -0.2) is 26.3 Å². The highest BCUT2D eigenvalue weighted by molar-refractivity contribution is 7.17. The van der Waals surface area contributed by atoms with Crippen LogP contribution in [0, 0.1) is 0 Å². The smallest absolute Gasteiger partial charge is 0.0667 e. The lowest BCUT2D eigenvalue weighted by molar-refractivity contribution is 0.114. The zero-order chi connectivity index (χ0) is 13.0. The van der Waals surface area contributed by atoms with Crippen molar-refractivity contribution in [3.8, 4) is 0 Å². The molecule has 0 radical (unpaired) electrons. The largest absolute Gasteiger partial charge is 0.380 e. The number of nitrogens with two attached hydrogens (primary N) is 1. The molecule has 3 N–H and O–H groups in total. The molecule has 0 spiro atoms. The molecular formula is C14H20N2OS. The second-order valence-corrected chi connectivity index (χ2v) is 5.34. The molecule has 2 atom stereocenters. The maximum atomic E-state index is 5.88. The number of thiophene rings is 1. The van der Waals surface area contributed by atoms with E-state index in [1.54, 1.807) is 18.4 Å². The summed E-state index contributed by atoms with van der Waals surface area (Å²) in [5.41, 5.74) is 7.18. The van der Waals surface area contributed by atoms with Gasteiger partial charge in [0.1, 0.15) is 0 Å². The number of hydrogen-bond donors (Lipinski definition) is 2. The molecule has 2 unspecified atom stereocenters. The van der Waals surface area contributed by atoms with Gasteiger partial charge in [-0.1, -0.05) is 18.2 Å². The number of methoxy groups -OCH3 is 1. The van der Waals surface area contributed by atoms with Gasteiger partial charge in [0.15, 0.2) is 0 Å². The van der Waals surface area contributed by atoms with E-state index < -0.39 is 0 Å². The van der Waals surface area contributed by atoms with Crippen LogP contribution in [0.5, 0.6) is 0 Å².